The van der Waals surface area contributed by atoms with Gasteiger partial charge in [0.2, 0.25) is 5.95 Å². The van der Waals surface area contributed by atoms with Crippen molar-refractivity contribution in [3.8, 4) is 11.1 Å². The van der Waals surface area contributed by atoms with Crippen LogP contribution >= 0.6 is 11.6 Å². The molecule has 5 nitrogen and oxygen atoms in total. The number of H-pyrrole nitrogens is 1. The second kappa shape index (κ2) is 6.61. The van der Waals surface area contributed by atoms with Crippen LogP contribution in [0.1, 0.15) is 5.56 Å². The van der Waals surface area contributed by atoms with E-state index in [-0.39, 0.29) is 5.56 Å². The van der Waals surface area contributed by atoms with E-state index in [1.165, 1.54) is 0 Å². The minimum absolute atomic E-state index is 0.247. The molecular formula is C20H15ClN4O. The molecule has 0 saturated carbocycles. The number of rotatable bonds is 3. The third-order valence-corrected chi connectivity index (χ3v) is 4.30. The molecule has 2 aromatic heterocycles. The van der Waals surface area contributed by atoms with Gasteiger partial charge in [-0.05, 0) is 53.9 Å². The average Bonchev–Trinajstić information content (AvgIpc) is 2.62. The SMILES string of the molecule is Cc1cccc(Nc2nc3nccc(-c4ccc(Cl)cc4)c3c(=O)[nH]2)c1. The molecule has 0 unspecified atom stereocenters. The fourth-order valence-electron chi connectivity index (χ4n) is 2.85. The van der Waals surface area contributed by atoms with Crippen molar-refractivity contribution < 1.29 is 0 Å². The summed E-state index contributed by atoms with van der Waals surface area (Å²) >= 11 is 5.96. The molecule has 0 bridgehead atoms. The molecule has 4 aromatic rings. The van der Waals surface area contributed by atoms with Crippen LogP contribution in [0.15, 0.2) is 65.6 Å². The first kappa shape index (κ1) is 16.3. The predicted octanol–water partition coefficient (Wildman–Crippen LogP) is 4.69. The van der Waals surface area contributed by atoms with E-state index < -0.39 is 0 Å². The molecule has 26 heavy (non-hydrogen) atoms. The number of hydrogen-bond donors (Lipinski definition) is 2. The van der Waals surface area contributed by atoms with Gasteiger partial charge in [-0.25, -0.2) is 4.98 Å². The molecule has 2 heterocycles. The van der Waals surface area contributed by atoms with Crippen molar-refractivity contribution in [2.75, 3.05) is 5.32 Å². The topological polar surface area (TPSA) is 70.7 Å². The first-order valence-corrected chi connectivity index (χ1v) is 8.46. The van der Waals surface area contributed by atoms with Crippen molar-refractivity contribution in [3.63, 3.8) is 0 Å². The van der Waals surface area contributed by atoms with E-state index in [9.17, 15) is 4.79 Å². The molecule has 0 amide bonds. The van der Waals surface area contributed by atoms with Gasteiger partial charge in [0, 0.05) is 16.9 Å². The number of hydrogen-bond acceptors (Lipinski definition) is 4. The molecule has 128 valence electrons. The largest absolute Gasteiger partial charge is 0.326 e. The molecule has 0 aliphatic heterocycles. The standard InChI is InChI=1S/C20H15ClN4O/c1-12-3-2-4-15(11-12)23-20-24-18-17(19(26)25-20)16(9-10-22-18)13-5-7-14(21)8-6-13/h2-11H,1H3,(H2,22,23,24,25,26). The number of benzene rings is 2. The van der Waals surface area contributed by atoms with Crippen LogP contribution in [0.4, 0.5) is 11.6 Å². The Bertz CT molecular complexity index is 1150. The van der Waals surface area contributed by atoms with Gasteiger partial charge in [0.1, 0.15) is 0 Å². The highest BCUT2D eigenvalue weighted by Gasteiger charge is 2.11. The Morgan fingerprint density at radius 2 is 1.88 bits per heavy atom. The summed E-state index contributed by atoms with van der Waals surface area (Å²) in [6.45, 7) is 2.00. The third-order valence-electron chi connectivity index (χ3n) is 4.04. The van der Waals surface area contributed by atoms with Gasteiger partial charge in [0.15, 0.2) is 5.65 Å². The Labute approximate surface area is 154 Å². The van der Waals surface area contributed by atoms with Gasteiger partial charge < -0.3 is 5.32 Å². The first-order valence-electron chi connectivity index (χ1n) is 8.09. The minimum atomic E-state index is -0.247. The van der Waals surface area contributed by atoms with E-state index >= 15 is 0 Å². The third kappa shape index (κ3) is 3.17. The molecule has 0 fully saturated rings. The maximum atomic E-state index is 12.7. The Hall–Kier alpha value is -3.18. The number of aromatic amines is 1. The lowest BCUT2D eigenvalue weighted by atomic mass is 10.0. The van der Waals surface area contributed by atoms with Crippen LogP contribution in [0.2, 0.25) is 5.02 Å². The Kier molecular flexibility index (Phi) is 4.14. The highest BCUT2D eigenvalue weighted by atomic mass is 35.5. The molecule has 0 aliphatic rings. The van der Waals surface area contributed by atoms with Crippen molar-refractivity contribution in [1.29, 1.82) is 0 Å². The summed E-state index contributed by atoms with van der Waals surface area (Å²) in [7, 11) is 0. The molecule has 0 saturated heterocycles. The van der Waals surface area contributed by atoms with Gasteiger partial charge in [-0.2, -0.15) is 4.98 Å². The average molecular weight is 363 g/mol. The molecule has 0 aliphatic carbocycles. The number of pyridine rings is 1. The van der Waals surface area contributed by atoms with Gasteiger partial charge in [-0.1, -0.05) is 35.9 Å². The summed E-state index contributed by atoms with van der Waals surface area (Å²) in [5.41, 5.74) is 3.75. The summed E-state index contributed by atoms with van der Waals surface area (Å²) < 4.78 is 0. The molecule has 0 atom stereocenters. The molecule has 0 spiro atoms. The van der Waals surface area contributed by atoms with Crippen molar-refractivity contribution in [1.82, 2.24) is 15.0 Å². The minimum Gasteiger partial charge on any atom is -0.326 e. The Morgan fingerprint density at radius 3 is 2.65 bits per heavy atom. The number of anilines is 2. The Balaban J connectivity index is 1.81. The normalized spacial score (nSPS) is 10.8. The smallest absolute Gasteiger partial charge is 0.262 e. The van der Waals surface area contributed by atoms with E-state index in [4.69, 9.17) is 11.6 Å². The van der Waals surface area contributed by atoms with Crippen molar-refractivity contribution >= 4 is 34.3 Å². The van der Waals surface area contributed by atoms with E-state index in [0.29, 0.717) is 22.0 Å². The summed E-state index contributed by atoms with van der Waals surface area (Å²) in [5, 5.41) is 4.21. The highest BCUT2D eigenvalue weighted by Crippen LogP contribution is 2.26. The lowest BCUT2D eigenvalue weighted by molar-refractivity contribution is 1.14. The van der Waals surface area contributed by atoms with E-state index in [0.717, 1.165) is 22.4 Å². The van der Waals surface area contributed by atoms with E-state index in [1.807, 2.05) is 43.3 Å². The number of fused-ring (bicyclic) bond motifs is 1. The van der Waals surface area contributed by atoms with E-state index in [2.05, 4.69) is 20.3 Å². The van der Waals surface area contributed by atoms with Crippen LogP contribution in [-0.4, -0.2) is 15.0 Å². The molecule has 6 heteroatoms. The quantitative estimate of drug-likeness (QED) is 0.554. The summed E-state index contributed by atoms with van der Waals surface area (Å²) in [6, 6.07) is 16.9. The second-order valence-corrected chi connectivity index (χ2v) is 6.41. The summed E-state index contributed by atoms with van der Waals surface area (Å²) in [6.07, 6.45) is 1.65. The number of nitrogens with one attached hydrogen (secondary N) is 2. The summed E-state index contributed by atoms with van der Waals surface area (Å²) in [4.78, 5) is 24.2. The zero-order chi connectivity index (χ0) is 18.1. The molecule has 2 N–H and O–H groups in total. The molecule has 2 aromatic carbocycles. The molecule has 4 rings (SSSR count). The van der Waals surface area contributed by atoms with Crippen molar-refractivity contribution in [2.45, 2.75) is 6.92 Å². The number of aryl methyl sites for hydroxylation is 1. The number of halogens is 1. The predicted molar refractivity (Wildman–Crippen MR) is 105 cm³/mol. The first-order chi connectivity index (χ1) is 12.6. The lowest BCUT2D eigenvalue weighted by Gasteiger charge is -2.09. The van der Waals surface area contributed by atoms with Gasteiger partial charge in [0.05, 0.1) is 5.39 Å². The maximum Gasteiger partial charge on any atom is 0.262 e. The molecular weight excluding hydrogens is 348 g/mol. The zero-order valence-corrected chi connectivity index (χ0v) is 14.7. The monoisotopic (exact) mass is 362 g/mol. The maximum absolute atomic E-state index is 12.7. The van der Waals surface area contributed by atoms with Crippen LogP contribution in [-0.2, 0) is 0 Å². The van der Waals surface area contributed by atoms with E-state index in [1.54, 1.807) is 24.4 Å². The number of aromatic nitrogens is 3. The van der Waals surface area contributed by atoms with Crippen molar-refractivity contribution in [2.24, 2.45) is 0 Å². The van der Waals surface area contributed by atoms with Gasteiger partial charge in [-0.15, -0.1) is 0 Å². The summed E-state index contributed by atoms with van der Waals surface area (Å²) in [5.74, 6) is 0.355. The number of nitrogens with zero attached hydrogens (tertiary/aromatic N) is 2. The van der Waals surface area contributed by atoms with Crippen LogP contribution < -0.4 is 10.9 Å². The van der Waals surface area contributed by atoms with Crippen LogP contribution in [0.25, 0.3) is 22.2 Å². The Morgan fingerprint density at radius 1 is 1.08 bits per heavy atom. The highest BCUT2D eigenvalue weighted by molar-refractivity contribution is 6.30. The fraction of sp³-hybridized carbons (Fsp3) is 0.0500. The van der Waals surface area contributed by atoms with Crippen molar-refractivity contribution in [3.05, 3.63) is 81.7 Å². The van der Waals surface area contributed by atoms with Crippen LogP contribution in [0, 0.1) is 6.92 Å². The second-order valence-electron chi connectivity index (χ2n) is 5.97. The van der Waals surface area contributed by atoms with Crippen LogP contribution in [0.3, 0.4) is 0 Å². The van der Waals surface area contributed by atoms with Gasteiger partial charge in [0.25, 0.3) is 5.56 Å². The van der Waals surface area contributed by atoms with Crippen LogP contribution in [0.5, 0.6) is 0 Å². The van der Waals surface area contributed by atoms with Gasteiger partial charge >= 0.3 is 0 Å². The lowest BCUT2D eigenvalue weighted by Crippen LogP contribution is -2.13. The molecule has 0 radical (unpaired) electrons. The fourth-order valence-corrected chi connectivity index (χ4v) is 2.98. The zero-order valence-electron chi connectivity index (χ0n) is 14.0. The van der Waals surface area contributed by atoms with Gasteiger partial charge in [-0.3, -0.25) is 9.78 Å².